The molecule has 0 aromatic heterocycles. The molecule has 1 saturated heterocycles. The van der Waals surface area contributed by atoms with E-state index >= 15 is 0 Å². The number of rotatable bonds is 7. The third kappa shape index (κ3) is 6.45. The Labute approximate surface area is 237 Å². The molecule has 1 amide bonds. The predicted octanol–water partition coefficient (Wildman–Crippen LogP) is 8.11. The Morgan fingerprint density at radius 1 is 1.05 bits per heavy atom. The summed E-state index contributed by atoms with van der Waals surface area (Å²) >= 11 is 5.16. The summed E-state index contributed by atoms with van der Waals surface area (Å²) in [6.07, 6.45) is 13.5. The molecule has 3 aliphatic rings. The van der Waals surface area contributed by atoms with Crippen molar-refractivity contribution >= 4 is 44.8 Å². The van der Waals surface area contributed by atoms with Crippen LogP contribution in [0, 0.1) is 5.82 Å². The number of hydrogen-bond acceptors (Lipinski definition) is 5. The van der Waals surface area contributed by atoms with Crippen molar-refractivity contribution in [2.24, 2.45) is 4.99 Å². The van der Waals surface area contributed by atoms with Crippen molar-refractivity contribution < 1.29 is 18.7 Å². The number of hydrogen-bond donors (Lipinski definition) is 0. The van der Waals surface area contributed by atoms with Gasteiger partial charge in [0.1, 0.15) is 12.4 Å². The number of aliphatic imine (C=N–C) groups is 1. The van der Waals surface area contributed by atoms with Crippen LogP contribution in [0.1, 0.15) is 75.3 Å². The monoisotopic (exact) mass is 600 g/mol. The maximum absolute atomic E-state index is 13.7. The Morgan fingerprint density at radius 2 is 1.79 bits per heavy atom. The maximum Gasteiger partial charge on any atom is 0.267 e. The number of halogens is 2. The highest BCUT2D eigenvalue weighted by Crippen LogP contribution is 2.41. The SMILES string of the molecule is COc1cc(C=C2SC(=NC3CCCCC3)N(C3CCCCC3)C2=O)c(Br)cc1OCc1cccc(F)c1. The lowest BCUT2D eigenvalue weighted by Crippen LogP contribution is -2.41. The second kappa shape index (κ2) is 12.7. The van der Waals surface area contributed by atoms with Gasteiger partial charge < -0.3 is 9.47 Å². The zero-order valence-electron chi connectivity index (χ0n) is 21.8. The van der Waals surface area contributed by atoms with Gasteiger partial charge in [-0.15, -0.1) is 0 Å². The molecular formula is C30H34BrFN2O3S. The highest BCUT2D eigenvalue weighted by Gasteiger charge is 2.39. The molecule has 0 atom stereocenters. The van der Waals surface area contributed by atoms with Gasteiger partial charge in [-0.1, -0.05) is 66.6 Å². The summed E-state index contributed by atoms with van der Waals surface area (Å²) in [5, 5.41) is 0.873. The van der Waals surface area contributed by atoms with E-state index in [4.69, 9.17) is 14.5 Å². The van der Waals surface area contributed by atoms with Crippen molar-refractivity contribution in [2.75, 3.05) is 7.11 Å². The minimum atomic E-state index is -0.298. The Hall–Kier alpha value is -2.32. The topological polar surface area (TPSA) is 51.1 Å². The standard InChI is InChI=1S/C30H34BrFN2O3S/c1-36-26-16-21(25(31)18-27(26)37-19-20-9-8-10-22(32)15-20)17-28-29(35)34(24-13-6-3-7-14-24)30(38-28)33-23-11-4-2-5-12-23/h8-10,15-18,23-24H,2-7,11-14,19H2,1H3. The number of amides is 1. The molecule has 2 aliphatic carbocycles. The van der Waals surface area contributed by atoms with Gasteiger partial charge in [0.25, 0.3) is 5.91 Å². The van der Waals surface area contributed by atoms with Crippen LogP contribution in [-0.4, -0.2) is 35.2 Å². The molecule has 2 aromatic carbocycles. The van der Waals surface area contributed by atoms with Crippen molar-refractivity contribution in [2.45, 2.75) is 82.9 Å². The van der Waals surface area contributed by atoms with Crippen LogP contribution in [0.5, 0.6) is 11.5 Å². The van der Waals surface area contributed by atoms with Crippen LogP contribution in [0.25, 0.3) is 6.08 Å². The molecule has 202 valence electrons. The van der Waals surface area contributed by atoms with E-state index in [1.54, 1.807) is 13.2 Å². The predicted molar refractivity (Wildman–Crippen MR) is 155 cm³/mol. The van der Waals surface area contributed by atoms with Gasteiger partial charge in [0.05, 0.1) is 18.1 Å². The number of ether oxygens (including phenoxy) is 2. The molecular weight excluding hydrogens is 567 g/mol. The van der Waals surface area contributed by atoms with E-state index in [0.717, 1.165) is 59.3 Å². The third-order valence-electron chi connectivity index (χ3n) is 7.50. The molecule has 1 aliphatic heterocycles. The van der Waals surface area contributed by atoms with Crippen molar-refractivity contribution in [3.63, 3.8) is 0 Å². The van der Waals surface area contributed by atoms with Gasteiger partial charge in [0, 0.05) is 10.5 Å². The van der Waals surface area contributed by atoms with Gasteiger partial charge in [0.2, 0.25) is 0 Å². The van der Waals surface area contributed by atoms with Gasteiger partial charge in [-0.2, -0.15) is 0 Å². The Bertz CT molecular complexity index is 1220. The van der Waals surface area contributed by atoms with Gasteiger partial charge in [-0.05, 0) is 78.9 Å². The van der Waals surface area contributed by atoms with Gasteiger partial charge in [-0.3, -0.25) is 14.7 Å². The lowest BCUT2D eigenvalue weighted by Gasteiger charge is -2.31. The van der Waals surface area contributed by atoms with Crippen LogP contribution < -0.4 is 9.47 Å². The number of nitrogens with zero attached hydrogens (tertiary/aromatic N) is 2. The minimum absolute atomic E-state index is 0.0498. The number of methoxy groups -OCH3 is 1. The zero-order valence-corrected chi connectivity index (χ0v) is 24.2. The molecule has 5 rings (SSSR count). The second-order valence-corrected chi connectivity index (χ2v) is 12.1. The quantitative estimate of drug-likeness (QED) is 0.301. The Kier molecular flexibility index (Phi) is 9.10. The summed E-state index contributed by atoms with van der Waals surface area (Å²) < 4.78 is 25.9. The van der Waals surface area contributed by atoms with Crippen LogP contribution in [0.15, 0.2) is 50.8 Å². The molecule has 8 heteroatoms. The van der Waals surface area contributed by atoms with E-state index in [-0.39, 0.29) is 24.4 Å². The summed E-state index contributed by atoms with van der Waals surface area (Å²) in [5.41, 5.74) is 1.56. The van der Waals surface area contributed by atoms with Crippen LogP contribution in [0.4, 0.5) is 4.39 Å². The molecule has 0 bridgehead atoms. The number of carbonyl (C=O) groups excluding carboxylic acids is 1. The Morgan fingerprint density at radius 3 is 2.50 bits per heavy atom. The van der Waals surface area contributed by atoms with Crippen LogP contribution in [0.3, 0.4) is 0 Å². The van der Waals surface area contributed by atoms with Gasteiger partial charge >= 0.3 is 0 Å². The average Bonchev–Trinajstić information content (AvgIpc) is 3.23. The van der Waals surface area contributed by atoms with Crippen LogP contribution in [-0.2, 0) is 11.4 Å². The highest BCUT2D eigenvalue weighted by molar-refractivity contribution is 9.10. The number of thioether (sulfide) groups is 1. The molecule has 0 N–H and O–H groups in total. The van der Waals surface area contributed by atoms with E-state index in [0.29, 0.717) is 22.4 Å². The second-order valence-electron chi connectivity index (χ2n) is 10.2. The summed E-state index contributed by atoms with van der Waals surface area (Å²) in [7, 11) is 1.59. The molecule has 0 spiro atoms. The first-order valence-corrected chi connectivity index (χ1v) is 15.2. The van der Waals surface area contributed by atoms with E-state index in [1.165, 1.54) is 49.6 Å². The molecule has 1 heterocycles. The van der Waals surface area contributed by atoms with Crippen molar-refractivity contribution in [1.29, 1.82) is 0 Å². The van der Waals surface area contributed by atoms with Crippen LogP contribution in [0.2, 0.25) is 0 Å². The normalized spacial score (nSPS) is 21.4. The number of carbonyl (C=O) groups is 1. The lowest BCUT2D eigenvalue weighted by molar-refractivity contribution is -0.124. The molecule has 0 unspecified atom stereocenters. The summed E-state index contributed by atoms with van der Waals surface area (Å²) in [6, 6.07) is 10.6. The largest absolute Gasteiger partial charge is 0.493 e. The zero-order chi connectivity index (χ0) is 26.5. The molecule has 2 aromatic rings. The smallest absolute Gasteiger partial charge is 0.267 e. The van der Waals surface area contributed by atoms with Crippen LogP contribution >= 0.6 is 27.7 Å². The van der Waals surface area contributed by atoms with E-state index in [9.17, 15) is 9.18 Å². The van der Waals surface area contributed by atoms with Gasteiger partial charge in [-0.25, -0.2) is 4.39 Å². The lowest BCUT2D eigenvalue weighted by atomic mass is 9.94. The molecule has 2 saturated carbocycles. The number of amidine groups is 1. The third-order valence-corrected chi connectivity index (χ3v) is 9.18. The molecule has 38 heavy (non-hydrogen) atoms. The molecule has 0 radical (unpaired) electrons. The number of benzene rings is 2. The summed E-state index contributed by atoms with van der Waals surface area (Å²) in [5.74, 6) is 0.842. The highest BCUT2D eigenvalue weighted by atomic mass is 79.9. The first-order chi connectivity index (χ1) is 18.5. The fourth-order valence-electron chi connectivity index (χ4n) is 5.47. The van der Waals surface area contributed by atoms with E-state index < -0.39 is 0 Å². The summed E-state index contributed by atoms with van der Waals surface area (Å²) in [4.78, 5) is 21.5. The molecule has 5 nitrogen and oxygen atoms in total. The first kappa shape index (κ1) is 27.3. The van der Waals surface area contributed by atoms with E-state index in [1.807, 2.05) is 29.2 Å². The average molecular weight is 602 g/mol. The molecule has 3 fully saturated rings. The van der Waals surface area contributed by atoms with Gasteiger partial charge in [0.15, 0.2) is 16.7 Å². The fraction of sp³-hybridized carbons (Fsp3) is 0.467. The van der Waals surface area contributed by atoms with Crippen molar-refractivity contribution in [1.82, 2.24) is 4.90 Å². The first-order valence-electron chi connectivity index (χ1n) is 13.6. The van der Waals surface area contributed by atoms with Crippen molar-refractivity contribution in [3.05, 3.63) is 62.7 Å². The maximum atomic E-state index is 13.7. The fourth-order valence-corrected chi connectivity index (χ4v) is 7.00. The summed E-state index contributed by atoms with van der Waals surface area (Å²) in [6.45, 7) is 0.215. The minimum Gasteiger partial charge on any atom is -0.493 e. The van der Waals surface area contributed by atoms with E-state index in [2.05, 4.69) is 15.9 Å². The van der Waals surface area contributed by atoms with Crippen molar-refractivity contribution in [3.8, 4) is 11.5 Å². The Balaban J connectivity index is 1.40.